The molecule has 0 fully saturated rings. The van der Waals surface area contributed by atoms with Crippen LogP contribution < -0.4 is 15.8 Å². The van der Waals surface area contributed by atoms with E-state index in [0.29, 0.717) is 18.0 Å². The first-order valence-corrected chi connectivity index (χ1v) is 5.16. The summed E-state index contributed by atoms with van der Waals surface area (Å²) in [6, 6.07) is 5.19. The molecule has 0 heterocycles. The largest absolute Gasteiger partial charge is 0.497 e. The van der Waals surface area contributed by atoms with Gasteiger partial charge >= 0.3 is 0 Å². The van der Waals surface area contributed by atoms with Gasteiger partial charge in [0.05, 0.1) is 13.7 Å². The lowest BCUT2D eigenvalue weighted by molar-refractivity contribution is 0.0215. The Morgan fingerprint density at radius 3 is 2.76 bits per heavy atom. The Bertz CT molecular complexity index is 348. The first kappa shape index (κ1) is 13.5. The predicted molar refractivity (Wildman–Crippen MR) is 62.7 cm³/mol. The Labute approximate surface area is 98.7 Å². The summed E-state index contributed by atoms with van der Waals surface area (Å²) in [6.45, 7) is 0.0999. The highest BCUT2D eigenvalue weighted by atomic mass is 19.3. The summed E-state index contributed by atoms with van der Waals surface area (Å²) in [5, 5.41) is 3.00. The van der Waals surface area contributed by atoms with E-state index in [1.54, 1.807) is 25.3 Å². The fourth-order valence-corrected chi connectivity index (χ4v) is 1.28. The maximum Gasteiger partial charge on any atom is 0.261 e. The van der Waals surface area contributed by atoms with Crippen LogP contribution in [0.2, 0.25) is 0 Å². The lowest BCUT2D eigenvalue weighted by Crippen LogP contribution is -2.13. The molecule has 4 nitrogen and oxygen atoms in total. The Morgan fingerprint density at radius 1 is 1.35 bits per heavy atom. The molecular weight excluding hydrogens is 230 g/mol. The molecule has 0 unspecified atom stereocenters. The lowest BCUT2D eigenvalue weighted by atomic mass is 10.2. The molecule has 0 aliphatic carbocycles. The molecule has 96 valence electrons. The number of methoxy groups -OCH3 is 1. The SMILES string of the molecule is COc1cc(N)cc(NCCOCC(F)F)c1. The van der Waals surface area contributed by atoms with Gasteiger partial charge in [0.1, 0.15) is 12.4 Å². The minimum Gasteiger partial charge on any atom is -0.497 e. The van der Waals surface area contributed by atoms with Gasteiger partial charge in [-0.2, -0.15) is 0 Å². The van der Waals surface area contributed by atoms with Crippen LogP contribution in [0, 0.1) is 0 Å². The zero-order valence-electron chi connectivity index (χ0n) is 9.58. The molecular formula is C11H16F2N2O2. The third-order valence-electron chi connectivity index (χ3n) is 1.98. The van der Waals surface area contributed by atoms with Gasteiger partial charge in [0, 0.05) is 30.1 Å². The molecule has 0 saturated heterocycles. The van der Waals surface area contributed by atoms with Gasteiger partial charge < -0.3 is 20.5 Å². The van der Waals surface area contributed by atoms with Crippen LogP contribution in [0.25, 0.3) is 0 Å². The van der Waals surface area contributed by atoms with E-state index in [9.17, 15) is 8.78 Å². The van der Waals surface area contributed by atoms with E-state index in [1.807, 2.05) is 0 Å². The number of ether oxygens (including phenoxy) is 2. The number of hydrogen-bond donors (Lipinski definition) is 2. The summed E-state index contributed by atoms with van der Waals surface area (Å²) in [7, 11) is 1.55. The highest BCUT2D eigenvalue weighted by Crippen LogP contribution is 2.21. The van der Waals surface area contributed by atoms with E-state index in [-0.39, 0.29) is 6.61 Å². The van der Waals surface area contributed by atoms with Gasteiger partial charge in [-0.1, -0.05) is 0 Å². The number of rotatable bonds is 7. The van der Waals surface area contributed by atoms with E-state index >= 15 is 0 Å². The van der Waals surface area contributed by atoms with Crippen molar-refractivity contribution >= 4 is 11.4 Å². The van der Waals surface area contributed by atoms with Gasteiger partial charge in [0.25, 0.3) is 6.43 Å². The van der Waals surface area contributed by atoms with E-state index < -0.39 is 13.0 Å². The van der Waals surface area contributed by atoms with Gasteiger partial charge in [0.15, 0.2) is 0 Å². The highest BCUT2D eigenvalue weighted by Gasteiger charge is 2.02. The summed E-state index contributed by atoms with van der Waals surface area (Å²) in [6.07, 6.45) is -2.43. The van der Waals surface area contributed by atoms with E-state index in [1.165, 1.54) is 0 Å². The smallest absolute Gasteiger partial charge is 0.261 e. The number of benzene rings is 1. The third kappa shape index (κ3) is 5.35. The predicted octanol–water partition coefficient (Wildman–Crippen LogP) is 1.97. The Hall–Kier alpha value is -1.56. The summed E-state index contributed by atoms with van der Waals surface area (Å²) in [4.78, 5) is 0. The average Bonchev–Trinajstić information content (AvgIpc) is 2.27. The summed E-state index contributed by atoms with van der Waals surface area (Å²) >= 11 is 0. The monoisotopic (exact) mass is 246 g/mol. The maximum atomic E-state index is 11.8. The molecule has 0 radical (unpaired) electrons. The molecule has 0 saturated carbocycles. The summed E-state index contributed by atoms with van der Waals surface area (Å²) in [5.74, 6) is 0.640. The molecule has 0 atom stereocenters. The average molecular weight is 246 g/mol. The topological polar surface area (TPSA) is 56.5 Å². The number of anilines is 2. The first-order valence-electron chi connectivity index (χ1n) is 5.16. The zero-order chi connectivity index (χ0) is 12.7. The molecule has 3 N–H and O–H groups in total. The highest BCUT2D eigenvalue weighted by molar-refractivity contribution is 5.59. The fraction of sp³-hybridized carbons (Fsp3) is 0.455. The molecule has 0 spiro atoms. The second kappa shape index (κ2) is 6.90. The molecule has 17 heavy (non-hydrogen) atoms. The van der Waals surface area contributed by atoms with Gasteiger partial charge in [0.2, 0.25) is 0 Å². The van der Waals surface area contributed by atoms with Crippen molar-refractivity contribution in [3.63, 3.8) is 0 Å². The second-order valence-electron chi connectivity index (χ2n) is 3.39. The zero-order valence-corrected chi connectivity index (χ0v) is 9.58. The number of nitrogen functional groups attached to an aromatic ring is 1. The molecule has 1 rings (SSSR count). The van der Waals surface area contributed by atoms with Crippen LogP contribution in [-0.4, -0.2) is 33.3 Å². The van der Waals surface area contributed by atoms with Crippen LogP contribution in [-0.2, 0) is 4.74 Å². The van der Waals surface area contributed by atoms with Crippen molar-refractivity contribution in [1.29, 1.82) is 0 Å². The third-order valence-corrected chi connectivity index (χ3v) is 1.98. The van der Waals surface area contributed by atoms with Crippen molar-refractivity contribution in [1.82, 2.24) is 0 Å². The van der Waals surface area contributed by atoms with Crippen LogP contribution in [0.5, 0.6) is 5.75 Å². The van der Waals surface area contributed by atoms with Gasteiger partial charge in [-0.15, -0.1) is 0 Å². The quantitative estimate of drug-likeness (QED) is 0.570. The van der Waals surface area contributed by atoms with E-state index in [4.69, 9.17) is 15.2 Å². The molecule has 1 aromatic rings. The second-order valence-corrected chi connectivity index (χ2v) is 3.39. The van der Waals surface area contributed by atoms with Crippen molar-refractivity contribution < 1.29 is 18.3 Å². The molecule has 0 aliphatic rings. The number of alkyl halides is 2. The van der Waals surface area contributed by atoms with Crippen molar-refractivity contribution in [3.05, 3.63) is 18.2 Å². The number of hydrogen-bond acceptors (Lipinski definition) is 4. The molecule has 0 aromatic heterocycles. The van der Waals surface area contributed by atoms with Gasteiger partial charge in [-0.25, -0.2) is 8.78 Å². The number of nitrogens with one attached hydrogen (secondary N) is 1. The van der Waals surface area contributed by atoms with E-state index in [0.717, 1.165) is 5.69 Å². The van der Waals surface area contributed by atoms with Crippen LogP contribution in [0.1, 0.15) is 0 Å². The number of halogens is 2. The maximum absolute atomic E-state index is 11.8. The van der Waals surface area contributed by atoms with Crippen LogP contribution in [0.15, 0.2) is 18.2 Å². The minimum absolute atomic E-state index is 0.210. The van der Waals surface area contributed by atoms with Crippen molar-refractivity contribution in [2.24, 2.45) is 0 Å². The molecule has 0 bridgehead atoms. The van der Waals surface area contributed by atoms with Crippen LogP contribution in [0.4, 0.5) is 20.2 Å². The van der Waals surface area contributed by atoms with Gasteiger partial charge in [-0.3, -0.25) is 0 Å². The molecule has 1 aromatic carbocycles. The molecule has 6 heteroatoms. The Balaban J connectivity index is 2.33. The number of nitrogens with two attached hydrogens (primary N) is 1. The molecule has 0 amide bonds. The standard InChI is InChI=1S/C11H16F2N2O2/c1-16-10-5-8(14)4-9(6-10)15-2-3-17-7-11(12)13/h4-6,11,15H,2-3,7,14H2,1H3. The summed E-state index contributed by atoms with van der Waals surface area (Å²) < 4.78 is 33.3. The summed E-state index contributed by atoms with van der Waals surface area (Å²) in [5.41, 5.74) is 6.99. The lowest BCUT2D eigenvalue weighted by Gasteiger charge is -2.09. The van der Waals surface area contributed by atoms with Crippen molar-refractivity contribution in [2.75, 3.05) is 37.9 Å². The van der Waals surface area contributed by atoms with Crippen molar-refractivity contribution in [2.45, 2.75) is 6.43 Å². The fourth-order valence-electron chi connectivity index (χ4n) is 1.28. The first-order chi connectivity index (χ1) is 8.11. The van der Waals surface area contributed by atoms with Crippen LogP contribution in [0.3, 0.4) is 0 Å². The van der Waals surface area contributed by atoms with E-state index in [2.05, 4.69) is 5.32 Å². The normalized spacial score (nSPS) is 10.6. The van der Waals surface area contributed by atoms with Gasteiger partial charge in [-0.05, 0) is 6.07 Å². The van der Waals surface area contributed by atoms with Crippen LogP contribution >= 0.6 is 0 Å². The van der Waals surface area contributed by atoms with Crippen molar-refractivity contribution in [3.8, 4) is 5.75 Å². The molecule has 0 aliphatic heterocycles. The Kier molecular flexibility index (Phi) is 5.48. The Morgan fingerprint density at radius 2 is 2.12 bits per heavy atom. The minimum atomic E-state index is -2.43.